The number of hydrogen-bond acceptors (Lipinski definition) is 5. The number of alkyl halides is 3. The number of aliphatic imine (C=N–C) groups is 1. The molecule has 1 atom stereocenters. The molecule has 0 fully saturated rings. The molecule has 0 amide bonds. The fraction of sp³-hybridized carbons (Fsp3) is 0.462. The van der Waals surface area contributed by atoms with Gasteiger partial charge in [-0.25, -0.2) is 0 Å². The van der Waals surface area contributed by atoms with Crippen LogP contribution in [0.5, 0.6) is 5.75 Å². The van der Waals surface area contributed by atoms with E-state index in [1.807, 2.05) is 0 Å². The third-order valence-electron chi connectivity index (χ3n) is 3.14. The predicted octanol–water partition coefficient (Wildman–Crippen LogP) is 1.90. The molecule has 2 rings (SSSR count). The molecule has 1 aromatic rings. The van der Waals surface area contributed by atoms with Gasteiger partial charge in [-0.2, -0.15) is 0 Å². The van der Waals surface area contributed by atoms with Crippen molar-refractivity contribution in [2.24, 2.45) is 10.7 Å². The van der Waals surface area contributed by atoms with Gasteiger partial charge in [0.15, 0.2) is 5.96 Å². The summed E-state index contributed by atoms with van der Waals surface area (Å²) in [6.07, 6.45) is -4.74. The van der Waals surface area contributed by atoms with Crippen molar-refractivity contribution in [2.75, 3.05) is 26.8 Å². The average molecular weight is 303 g/mol. The lowest BCUT2D eigenvalue weighted by atomic mass is 10.1. The van der Waals surface area contributed by atoms with Gasteiger partial charge in [-0.3, -0.25) is 4.99 Å². The molecule has 0 aromatic heterocycles. The smallest absolute Gasteiger partial charge is 0.405 e. The number of para-hydroxylation sites is 1. The largest absolute Gasteiger partial charge is 0.573 e. The first-order chi connectivity index (χ1) is 9.92. The Morgan fingerprint density at radius 3 is 2.76 bits per heavy atom. The van der Waals surface area contributed by atoms with Crippen LogP contribution in [0.2, 0.25) is 0 Å². The molecule has 1 unspecified atom stereocenters. The predicted molar refractivity (Wildman–Crippen MR) is 70.9 cm³/mol. The fourth-order valence-electron chi connectivity index (χ4n) is 2.23. The Hall–Kier alpha value is -1.96. The van der Waals surface area contributed by atoms with E-state index in [1.165, 1.54) is 12.1 Å². The van der Waals surface area contributed by atoms with Gasteiger partial charge in [-0.05, 0) is 6.07 Å². The molecular weight excluding hydrogens is 287 g/mol. The molecule has 0 aliphatic carbocycles. The van der Waals surface area contributed by atoms with Crippen molar-refractivity contribution in [2.45, 2.75) is 12.4 Å². The van der Waals surface area contributed by atoms with Gasteiger partial charge in [0, 0.05) is 19.2 Å². The normalized spacial score (nSPS) is 18.8. The molecule has 0 saturated heterocycles. The number of rotatable bonds is 5. The lowest BCUT2D eigenvalue weighted by Crippen LogP contribution is -2.38. The first-order valence-corrected chi connectivity index (χ1v) is 6.32. The SMILES string of the molecule is COCCN1C(N)=NCC1c1ccccc1OC(F)(F)F. The van der Waals surface area contributed by atoms with Crippen molar-refractivity contribution in [1.29, 1.82) is 0 Å². The van der Waals surface area contributed by atoms with E-state index < -0.39 is 12.4 Å². The van der Waals surface area contributed by atoms with Crippen molar-refractivity contribution >= 4 is 5.96 Å². The monoisotopic (exact) mass is 303 g/mol. The van der Waals surface area contributed by atoms with Crippen LogP contribution >= 0.6 is 0 Å². The Morgan fingerprint density at radius 1 is 1.38 bits per heavy atom. The van der Waals surface area contributed by atoms with Gasteiger partial charge >= 0.3 is 6.36 Å². The third kappa shape index (κ3) is 3.78. The molecule has 21 heavy (non-hydrogen) atoms. The van der Waals surface area contributed by atoms with Gasteiger partial charge in [0.25, 0.3) is 0 Å². The summed E-state index contributed by atoms with van der Waals surface area (Å²) in [5, 5.41) is 0. The van der Waals surface area contributed by atoms with E-state index in [0.717, 1.165) is 0 Å². The van der Waals surface area contributed by atoms with Crippen LogP contribution in [0.25, 0.3) is 0 Å². The summed E-state index contributed by atoms with van der Waals surface area (Å²) in [4.78, 5) is 5.80. The van der Waals surface area contributed by atoms with Crippen molar-refractivity contribution in [3.63, 3.8) is 0 Å². The van der Waals surface area contributed by atoms with Crippen LogP contribution in [0.1, 0.15) is 11.6 Å². The van der Waals surface area contributed by atoms with E-state index in [4.69, 9.17) is 10.5 Å². The summed E-state index contributed by atoms with van der Waals surface area (Å²) in [5.41, 5.74) is 6.18. The van der Waals surface area contributed by atoms with Gasteiger partial charge in [-0.15, -0.1) is 13.2 Å². The van der Waals surface area contributed by atoms with Gasteiger partial charge in [-0.1, -0.05) is 18.2 Å². The summed E-state index contributed by atoms with van der Waals surface area (Å²) in [7, 11) is 1.54. The van der Waals surface area contributed by atoms with E-state index in [0.29, 0.717) is 24.7 Å². The zero-order valence-corrected chi connectivity index (χ0v) is 11.4. The number of halogens is 3. The zero-order valence-electron chi connectivity index (χ0n) is 11.4. The van der Waals surface area contributed by atoms with Crippen LogP contribution in [0.4, 0.5) is 13.2 Å². The van der Waals surface area contributed by atoms with E-state index in [9.17, 15) is 13.2 Å². The number of nitrogens with two attached hydrogens (primary N) is 1. The van der Waals surface area contributed by atoms with Gasteiger partial charge in [0.05, 0.1) is 19.2 Å². The number of ether oxygens (including phenoxy) is 2. The second-order valence-electron chi connectivity index (χ2n) is 4.49. The first kappa shape index (κ1) is 15.4. The average Bonchev–Trinajstić information content (AvgIpc) is 2.76. The fourth-order valence-corrected chi connectivity index (χ4v) is 2.23. The number of methoxy groups -OCH3 is 1. The van der Waals surface area contributed by atoms with E-state index in [1.54, 1.807) is 24.1 Å². The maximum Gasteiger partial charge on any atom is 0.573 e. The van der Waals surface area contributed by atoms with Gasteiger partial charge in [0.2, 0.25) is 0 Å². The number of nitrogens with zero attached hydrogens (tertiary/aromatic N) is 2. The highest BCUT2D eigenvalue weighted by Gasteiger charge is 2.35. The van der Waals surface area contributed by atoms with Crippen LogP contribution < -0.4 is 10.5 Å². The quantitative estimate of drug-likeness (QED) is 0.902. The molecule has 0 spiro atoms. The Kier molecular flexibility index (Phi) is 4.56. The minimum absolute atomic E-state index is 0.234. The third-order valence-corrected chi connectivity index (χ3v) is 3.14. The second kappa shape index (κ2) is 6.21. The van der Waals surface area contributed by atoms with E-state index in [-0.39, 0.29) is 12.3 Å². The first-order valence-electron chi connectivity index (χ1n) is 6.32. The second-order valence-corrected chi connectivity index (χ2v) is 4.49. The molecule has 2 N–H and O–H groups in total. The zero-order chi connectivity index (χ0) is 15.5. The maximum absolute atomic E-state index is 12.5. The van der Waals surface area contributed by atoms with Crippen LogP contribution in [-0.4, -0.2) is 44.0 Å². The summed E-state index contributed by atoms with van der Waals surface area (Å²) in [5.74, 6) is 0.0566. The highest BCUT2D eigenvalue weighted by atomic mass is 19.4. The Balaban J connectivity index is 2.25. The summed E-state index contributed by atoms with van der Waals surface area (Å²) < 4.78 is 46.5. The van der Waals surface area contributed by atoms with Crippen molar-refractivity contribution in [1.82, 2.24) is 4.90 Å². The van der Waals surface area contributed by atoms with Crippen LogP contribution in [0.3, 0.4) is 0 Å². The van der Waals surface area contributed by atoms with Gasteiger partial charge in [0.1, 0.15) is 5.75 Å². The lowest BCUT2D eigenvalue weighted by molar-refractivity contribution is -0.275. The molecule has 116 valence electrons. The summed E-state index contributed by atoms with van der Waals surface area (Å²) >= 11 is 0. The standard InChI is InChI=1S/C13H16F3N3O2/c1-20-7-6-19-10(8-18-12(19)17)9-4-2-3-5-11(9)21-13(14,15)16/h2-5,10H,6-8H2,1H3,(H2,17,18). The van der Waals surface area contributed by atoms with Crippen LogP contribution in [0, 0.1) is 0 Å². The van der Waals surface area contributed by atoms with Gasteiger partial charge < -0.3 is 20.1 Å². The van der Waals surface area contributed by atoms with Crippen molar-refractivity contribution in [3.05, 3.63) is 29.8 Å². The number of benzene rings is 1. The summed E-state index contributed by atoms with van der Waals surface area (Å²) in [6.45, 7) is 1.12. The molecule has 5 nitrogen and oxygen atoms in total. The van der Waals surface area contributed by atoms with E-state index in [2.05, 4.69) is 9.73 Å². The summed E-state index contributed by atoms with van der Waals surface area (Å²) in [6, 6.07) is 5.62. The molecule has 1 aliphatic heterocycles. The van der Waals surface area contributed by atoms with Crippen molar-refractivity contribution < 1.29 is 22.6 Å². The minimum Gasteiger partial charge on any atom is -0.405 e. The number of guanidine groups is 1. The minimum atomic E-state index is -4.74. The molecule has 0 saturated carbocycles. The molecule has 1 heterocycles. The Bertz CT molecular complexity index is 520. The molecule has 8 heteroatoms. The molecular formula is C13H16F3N3O2. The van der Waals surface area contributed by atoms with Crippen LogP contribution in [0.15, 0.2) is 29.3 Å². The van der Waals surface area contributed by atoms with Crippen LogP contribution in [-0.2, 0) is 4.74 Å². The topological polar surface area (TPSA) is 60.1 Å². The molecule has 0 bridgehead atoms. The maximum atomic E-state index is 12.5. The highest BCUT2D eigenvalue weighted by molar-refractivity contribution is 5.80. The lowest BCUT2D eigenvalue weighted by Gasteiger charge is -2.27. The number of hydrogen-bond donors (Lipinski definition) is 1. The van der Waals surface area contributed by atoms with E-state index >= 15 is 0 Å². The Morgan fingerprint density at radius 2 is 2.10 bits per heavy atom. The Labute approximate surface area is 120 Å². The van der Waals surface area contributed by atoms with Crippen molar-refractivity contribution in [3.8, 4) is 5.75 Å². The molecule has 1 aliphatic rings. The molecule has 0 radical (unpaired) electrons. The molecule has 1 aromatic carbocycles. The highest BCUT2D eigenvalue weighted by Crippen LogP contribution is 2.34.